The van der Waals surface area contributed by atoms with Gasteiger partial charge < -0.3 is 20.1 Å². The van der Waals surface area contributed by atoms with E-state index in [9.17, 15) is 0 Å². The summed E-state index contributed by atoms with van der Waals surface area (Å²) in [6, 6.07) is 0. The van der Waals surface area contributed by atoms with E-state index in [4.69, 9.17) is 9.47 Å². The molecule has 26 heavy (non-hydrogen) atoms. The fourth-order valence-electron chi connectivity index (χ4n) is 2.47. The molecule has 1 aliphatic heterocycles. The second-order valence-corrected chi connectivity index (χ2v) is 8.26. The average molecular weight is 496 g/mol. The van der Waals surface area contributed by atoms with E-state index in [-0.39, 0.29) is 29.4 Å². The van der Waals surface area contributed by atoms with Gasteiger partial charge in [0.25, 0.3) is 0 Å². The number of guanidine groups is 1. The third kappa shape index (κ3) is 8.49. The number of hydrogen-bond donors (Lipinski definition) is 2. The van der Waals surface area contributed by atoms with E-state index in [0.717, 1.165) is 62.5 Å². The topological polar surface area (TPSA) is 67.8 Å². The Balaban J connectivity index is 0.00000338. The van der Waals surface area contributed by atoms with Crippen molar-refractivity contribution in [1.29, 1.82) is 0 Å². The highest BCUT2D eigenvalue weighted by molar-refractivity contribution is 14.0. The van der Waals surface area contributed by atoms with Gasteiger partial charge in [0.2, 0.25) is 0 Å². The Hall–Kier alpha value is -0.450. The number of hydrogen-bond acceptors (Lipinski definition) is 5. The van der Waals surface area contributed by atoms with Gasteiger partial charge in [0.1, 0.15) is 0 Å². The molecular formula is C18H33IN4O2S. The van der Waals surface area contributed by atoms with E-state index in [2.05, 4.69) is 46.8 Å². The highest BCUT2D eigenvalue weighted by Gasteiger charge is 2.18. The Kier molecular flexibility index (Phi) is 11.0. The number of nitrogens with one attached hydrogen (secondary N) is 2. The zero-order valence-electron chi connectivity index (χ0n) is 16.3. The predicted molar refractivity (Wildman–Crippen MR) is 119 cm³/mol. The fraction of sp³-hybridized carbons (Fsp3) is 0.778. The number of aliphatic imine (C=N–C) groups is 1. The molecule has 0 radical (unpaired) electrons. The van der Waals surface area contributed by atoms with E-state index in [0.29, 0.717) is 12.5 Å². The number of halogens is 1. The molecule has 2 N–H and O–H groups in total. The van der Waals surface area contributed by atoms with Gasteiger partial charge >= 0.3 is 0 Å². The van der Waals surface area contributed by atoms with Crippen molar-refractivity contribution < 1.29 is 9.47 Å². The molecule has 1 aromatic rings. The molecule has 0 amide bonds. The molecule has 2 heterocycles. The number of rotatable bonds is 8. The molecule has 0 aliphatic carbocycles. The van der Waals surface area contributed by atoms with Crippen LogP contribution in [0.3, 0.4) is 0 Å². The Morgan fingerprint density at radius 2 is 2.23 bits per heavy atom. The summed E-state index contributed by atoms with van der Waals surface area (Å²) in [5.74, 6) is 1.38. The molecule has 1 unspecified atom stereocenters. The Morgan fingerprint density at radius 3 is 2.85 bits per heavy atom. The summed E-state index contributed by atoms with van der Waals surface area (Å²) < 4.78 is 11.1. The molecule has 0 spiro atoms. The molecule has 6 nitrogen and oxygen atoms in total. The van der Waals surface area contributed by atoms with Gasteiger partial charge in [-0.25, -0.2) is 4.98 Å². The van der Waals surface area contributed by atoms with E-state index in [1.807, 2.05) is 0 Å². The van der Waals surface area contributed by atoms with E-state index in [1.165, 1.54) is 0 Å². The lowest BCUT2D eigenvalue weighted by Gasteiger charge is -2.14. The van der Waals surface area contributed by atoms with Gasteiger partial charge in [0, 0.05) is 43.5 Å². The highest BCUT2D eigenvalue weighted by Crippen LogP contribution is 2.25. The van der Waals surface area contributed by atoms with E-state index >= 15 is 0 Å². The third-order valence-electron chi connectivity index (χ3n) is 3.99. The number of thiazole rings is 1. The standard InChI is InChI=1S/C18H32N4O2S.HI/c1-18(2,3)16-22-15(13-25-16)10-21-17(19-4)20-7-5-8-23-11-14-6-9-24-12-14;/h13-14H,5-12H2,1-4H3,(H2,19,20,21);1H. The number of nitrogens with zero attached hydrogens (tertiary/aromatic N) is 2. The minimum atomic E-state index is 0. The van der Waals surface area contributed by atoms with Gasteiger partial charge in [0.15, 0.2) is 5.96 Å². The van der Waals surface area contributed by atoms with Crippen LogP contribution in [0.25, 0.3) is 0 Å². The van der Waals surface area contributed by atoms with Crippen LogP contribution in [-0.4, -0.2) is 51.0 Å². The second kappa shape index (κ2) is 12.1. The molecule has 8 heteroatoms. The van der Waals surface area contributed by atoms with Gasteiger partial charge in [-0.1, -0.05) is 20.8 Å². The molecule has 1 aliphatic rings. The normalized spacial score (nSPS) is 17.8. The van der Waals surface area contributed by atoms with E-state index in [1.54, 1.807) is 18.4 Å². The molecule has 1 fully saturated rings. The molecule has 0 bridgehead atoms. The molecular weight excluding hydrogens is 463 g/mol. The molecule has 150 valence electrons. The second-order valence-electron chi connectivity index (χ2n) is 7.40. The summed E-state index contributed by atoms with van der Waals surface area (Å²) in [5.41, 5.74) is 1.16. The van der Waals surface area contributed by atoms with Crippen molar-refractivity contribution in [2.24, 2.45) is 10.9 Å². The molecule has 0 saturated carbocycles. The fourth-order valence-corrected chi connectivity index (χ4v) is 3.38. The van der Waals surface area contributed by atoms with Crippen molar-refractivity contribution >= 4 is 41.3 Å². The van der Waals surface area contributed by atoms with E-state index < -0.39 is 0 Å². The summed E-state index contributed by atoms with van der Waals surface area (Å²) >= 11 is 1.72. The molecule has 1 aromatic heterocycles. The van der Waals surface area contributed by atoms with Crippen molar-refractivity contribution in [1.82, 2.24) is 15.6 Å². The summed E-state index contributed by atoms with van der Waals surface area (Å²) in [6.45, 7) is 11.4. The van der Waals surface area contributed by atoms with Crippen LogP contribution in [0, 0.1) is 5.92 Å². The summed E-state index contributed by atoms with van der Waals surface area (Å²) in [4.78, 5) is 8.94. The van der Waals surface area contributed by atoms with Crippen molar-refractivity contribution in [3.63, 3.8) is 0 Å². The van der Waals surface area contributed by atoms with Crippen LogP contribution in [0.5, 0.6) is 0 Å². The average Bonchev–Trinajstić information content (AvgIpc) is 3.24. The quantitative estimate of drug-likeness (QED) is 0.251. The molecule has 1 saturated heterocycles. The van der Waals surface area contributed by atoms with Crippen LogP contribution in [0.15, 0.2) is 10.4 Å². The highest BCUT2D eigenvalue weighted by atomic mass is 127. The van der Waals surface area contributed by atoms with Crippen molar-refractivity contribution in [3.05, 3.63) is 16.1 Å². The van der Waals surface area contributed by atoms with Crippen LogP contribution in [-0.2, 0) is 21.4 Å². The van der Waals surface area contributed by atoms with Crippen molar-refractivity contribution in [3.8, 4) is 0 Å². The minimum Gasteiger partial charge on any atom is -0.381 e. The first-order valence-corrected chi connectivity index (χ1v) is 9.92. The van der Waals surface area contributed by atoms with Gasteiger partial charge in [-0.2, -0.15) is 0 Å². The number of ether oxygens (including phenoxy) is 2. The van der Waals surface area contributed by atoms with Gasteiger partial charge in [-0.3, -0.25) is 4.99 Å². The Morgan fingerprint density at radius 1 is 1.42 bits per heavy atom. The molecule has 0 aromatic carbocycles. The SMILES string of the molecule is CN=C(NCCCOCC1CCOC1)NCc1csc(C(C)(C)C)n1.I. The smallest absolute Gasteiger partial charge is 0.191 e. The third-order valence-corrected chi connectivity index (χ3v) is 5.31. The Labute approximate surface area is 178 Å². The maximum Gasteiger partial charge on any atom is 0.191 e. The first kappa shape index (κ1) is 23.6. The van der Waals surface area contributed by atoms with Crippen molar-refractivity contribution in [2.75, 3.05) is 40.0 Å². The van der Waals surface area contributed by atoms with Crippen LogP contribution < -0.4 is 10.6 Å². The first-order valence-electron chi connectivity index (χ1n) is 9.04. The van der Waals surface area contributed by atoms with Crippen LogP contribution in [0.2, 0.25) is 0 Å². The lowest BCUT2D eigenvalue weighted by Crippen LogP contribution is -2.37. The van der Waals surface area contributed by atoms with Gasteiger partial charge in [-0.05, 0) is 12.8 Å². The maximum absolute atomic E-state index is 5.71. The van der Waals surface area contributed by atoms with Gasteiger partial charge in [-0.15, -0.1) is 35.3 Å². The van der Waals surface area contributed by atoms with Gasteiger partial charge in [0.05, 0.1) is 30.5 Å². The zero-order chi connectivity index (χ0) is 18.1. The van der Waals surface area contributed by atoms with Crippen LogP contribution in [0.4, 0.5) is 0 Å². The summed E-state index contributed by atoms with van der Waals surface area (Å²) in [7, 11) is 1.79. The zero-order valence-corrected chi connectivity index (χ0v) is 19.5. The largest absolute Gasteiger partial charge is 0.381 e. The first-order chi connectivity index (χ1) is 12.0. The molecule has 1 atom stereocenters. The summed E-state index contributed by atoms with van der Waals surface area (Å²) in [5, 5.41) is 9.90. The lowest BCUT2D eigenvalue weighted by molar-refractivity contribution is 0.0888. The monoisotopic (exact) mass is 496 g/mol. The number of aromatic nitrogens is 1. The minimum absolute atomic E-state index is 0. The lowest BCUT2D eigenvalue weighted by atomic mass is 9.98. The summed E-state index contributed by atoms with van der Waals surface area (Å²) in [6.07, 6.45) is 2.08. The Bertz CT molecular complexity index is 540. The molecule has 2 rings (SSSR count). The van der Waals surface area contributed by atoms with Crippen molar-refractivity contribution in [2.45, 2.75) is 45.6 Å². The van der Waals surface area contributed by atoms with Crippen LogP contribution >= 0.6 is 35.3 Å². The maximum atomic E-state index is 5.71. The predicted octanol–water partition coefficient (Wildman–Crippen LogP) is 3.17. The van der Waals surface area contributed by atoms with Crippen LogP contribution in [0.1, 0.15) is 44.3 Å².